The van der Waals surface area contributed by atoms with E-state index in [2.05, 4.69) is 10.1 Å². The Balaban J connectivity index is 2.27. The summed E-state index contributed by atoms with van der Waals surface area (Å²) in [5.41, 5.74) is 7.02. The maximum absolute atomic E-state index is 5.67. The lowest BCUT2D eigenvalue weighted by atomic mass is 10.4. The van der Waals surface area contributed by atoms with Gasteiger partial charge < -0.3 is 15.2 Å². The summed E-state index contributed by atoms with van der Waals surface area (Å²) in [6.45, 7) is 1.89. The summed E-state index contributed by atoms with van der Waals surface area (Å²) >= 11 is 0. The van der Waals surface area contributed by atoms with Crippen LogP contribution in [-0.4, -0.2) is 21.9 Å². The van der Waals surface area contributed by atoms with Gasteiger partial charge in [0.25, 0.3) is 0 Å². The highest BCUT2D eigenvalue weighted by Gasteiger charge is 2.08. The summed E-state index contributed by atoms with van der Waals surface area (Å²) in [6.07, 6.45) is 0. The molecule has 2 rings (SSSR count). The number of aryl methyl sites for hydroxylation is 2. The number of aromatic nitrogens is 3. The molecule has 0 radical (unpaired) electrons. The van der Waals surface area contributed by atoms with Crippen molar-refractivity contribution in [2.45, 2.75) is 6.92 Å². The number of pyridine rings is 1. The fourth-order valence-corrected chi connectivity index (χ4v) is 1.44. The molecule has 17 heavy (non-hydrogen) atoms. The average molecular weight is 234 g/mol. The lowest BCUT2D eigenvalue weighted by Gasteiger charge is -2.07. The molecule has 0 aliphatic heterocycles. The third kappa shape index (κ3) is 2.30. The molecular weight excluding hydrogens is 220 g/mol. The Kier molecular flexibility index (Phi) is 2.86. The van der Waals surface area contributed by atoms with E-state index in [1.54, 1.807) is 23.9 Å². The Morgan fingerprint density at radius 2 is 2.12 bits per heavy atom. The van der Waals surface area contributed by atoms with Crippen molar-refractivity contribution >= 4 is 5.69 Å². The molecule has 2 heterocycles. The van der Waals surface area contributed by atoms with Crippen molar-refractivity contribution in [2.24, 2.45) is 7.05 Å². The van der Waals surface area contributed by atoms with E-state index in [9.17, 15) is 0 Å². The van der Waals surface area contributed by atoms with Gasteiger partial charge >= 0.3 is 0 Å². The number of rotatable bonds is 3. The molecule has 0 aromatic carbocycles. The van der Waals surface area contributed by atoms with Crippen LogP contribution < -0.4 is 15.2 Å². The van der Waals surface area contributed by atoms with Crippen LogP contribution in [0.25, 0.3) is 0 Å². The smallest absolute Gasteiger partial charge is 0.240 e. The third-order valence-electron chi connectivity index (χ3n) is 2.23. The predicted octanol–water partition coefficient (Wildman–Crippen LogP) is 1.51. The number of nitrogens with zero attached hydrogens (tertiary/aromatic N) is 3. The maximum Gasteiger partial charge on any atom is 0.240 e. The van der Waals surface area contributed by atoms with Crippen molar-refractivity contribution in [3.05, 3.63) is 23.9 Å². The quantitative estimate of drug-likeness (QED) is 0.871. The van der Waals surface area contributed by atoms with Gasteiger partial charge in [0.15, 0.2) is 0 Å². The molecule has 0 amide bonds. The topological polar surface area (TPSA) is 75.2 Å². The molecule has 2 aromatic rings. The number of hydrogen-bond acceptors (Lipinski definition) is 5. The first-order valence-electron chi connectivity index (χ1n) is 5.09. The number of nitrogens with two attached hydrogens (primary N) is 1. The summed E-state index contributed by atoms with van der Waals surface area (Å²) in [7, 11) is 3.31. The second-order valence-electron chi connectivity index (χ2n) is 3.60. The molecule has 0 atom stereocenters. The summed E-state index contributed by atoms with van der Waals surface area (Å²) in [6, 6.07) is 5.19. The molecule has 6 heteroatoms. The van der Waals surface area contributed by atoms with Crippen LogP contribution in [-0.2, 0) is 7.05 Å². The molecule has 0 unspecified atom stereocenters. The molecule has 0 fully saturated rings. The van der Waals surface area contributed by atoms with Gasteiger partial charge in [-0.2, -0.15) is 10.1 Å². The van der Waals surface area contributed by atoms with Crippen molar-refractivity contribution in [1.82, 2.24) is 14.8 Å². The van der Waals surface area contributed by atoms with Crippen molar-refractivity contribution < 1.29 is 9.47 Å². The van der Waals surface area contributed by atoms with E-state index in [0.29, 0.717) is 23.3 Å². The summed E-state index contributed by atoms with van der Waals surface area (Å²) < 4.78 is 12.2. The molecule has 0 aliphatic carbocycles. The minimum Gasteiger partial charge on any atom is -0.479 e. The molecule has 0 bridgehead atoms. The molecule has 90 valence electrons. The monoisotopic (exact) mass is 234 g/mol. The van der Waals surface area contributed by atoms with E-state index < -0.39 is 0 Å². The van der Waals surface area contributed by atoms with Crippen molar-refractivity contribution in [3.8, 4) is 17.6 Å². The van der Waals surface area contributed by atoms with Crippen LogP contribution in [0.3, 0.4) is 0 Å². The minimum atomic E-state index is 0.349. The standard InChI is InChI=1S/C11H14N4O2/c1-7-6-10(15(2)14-7)17-9-5-4-8(12)11(13-9)16-3/h4-6H,12H2,1-3H3. The number of methoxy groups -OCH3 is 1. The average Bonchev–Trinajstić information content (AvgIpc) is 2.60. The SMILES string of the molecule is COc1nc(Oc2cc(C)nn2C)ccc1N. The predicted molar refractivity (Wildman–Crippen MR) is 63.2 cm³/mol. The zero-order chi connectivity index (χ0) is 12.4. The molecule has 0 aliphatic rings. The number of ether oxygens (including phenoxy) is 2. The van der Waals surface area contributed by atoms with Crippen molar-refractivity contribution in [2.75, 3.05) is 12.8 Å². The first-order valence-corrected chi connectivity index (χ1v) is 5.09. The molecule has 2 N–H and O–H groups in total. The molecular formula is C11H14N4O2. The van der Waals surface area contributed by atoms with Gasteiger partial charge in [0.05, 0.1) is 18.5 Å². The Bertz CT molecular complexity index is 536. The molecule has 0 spiro atoms. The van der Waals surface area contributed by atoms with E-state index in [1.807, 2.05) is 13.0 Å². The Labute approximate surface area is 99.0 Å². The maximum atomic E-state index is 5.67. The lowest BCUT2D eigenvalue weighted by Crippen LogP contribution is -1.99. The second-order valence-corrected chi connectivity index (χ2v) is 3.60. The Hall–Kier alpha value is -2.24. The Morgan fingerprint density at radius 3 is 2.71 bits per heavy atom. The van der Waals surface area contributed by atoms with E-state index in [-0.39, 0.29) is 0 Å². The van der Waals surface area contributed by atoms with E-state index in [4.69, 9.17) is 15.2 Å². The van der Waals surface area contributed by atoms with Crippen LogP contribution in [0.15, 0.2) is 18.2 Å². The van der Waals surface area contributed by atoms with Gasteiger partial charge in [0.2, 0.25) is 17.6 Å². The molecule has 0 saturated carbocycles. The summed E-state index contributed by atoms with van der Waals surface area (Å²) in [4.78, 5) is 4.13. The minimum absolute atomic E-state index is 0.349. The Morgan fingerprint density at radius 1 is 1.35 bits per heavy atom. The van der Waals surface area contributed by atoms with Gasteiger partial charge in [-0.1, -0.05) is 0 Å². The van der Waals surface area contributed by atoms with Gasteiger partial charge in [-0.3, -0.25) is 0 Å². The normalized spacial score (nSPS) is 10.3. The van der Waals surface area contributed by atoms with Gasteiger partial charge in [0.1, 0.15) is 0 Å². The number of hydrogen-bond donors (Lipinski definition) is 1. The fraction of sp³-hybridized carbons (Fsp3) is 0.273. The van der Waals surface area contributed by atoms with Gasteiger partial charge in [-0.25, -0.2) is 4.68 Å². The highest BCUT2D eigenvalue weighted by molar-refractivity contribution is 5.49. The van der Waals surface area contributed by atoms with E-state index >= 15 is 0 Å². The highest BCUT2D eigenvalue weighted by atomic mass is 16.5. The number of nitrogen functional groups attached to an aromatic ring is 1. The fourth-order valence-electron chi connectivity index (χ4n) is 1.44. The van der Waals surface area contributed by atoms with Crippen LogP contribution >= 0.6 is 0 Å². The molecule has 2 aromatic heterocycles. The second kappa shape index (κ2) is 4.32. The van der Waals surface area contributed by atoms with Gasteiger partial charge in [-0.05, 0) is 13.0 Å². The summed E-state index contributed by atoms with van der Waals surface area (Å²) in [5, 5.41) is 4.18. The van der Waals surface area contributed by atoms with Crippen LogP contribution in [0.2, 0.25) is 0 Å². The highest BCUT2D eigenvalue weighted by Crippen LogP contribution is 2.25. The first-order chi connectivity index (χ1) is 8.10. The van der Waals surface area contributed by atoms with Crippen LogP contribution in [0.4, 0.5) is 5.69 Å². The van der Waals surface area contributed by atoms with Gasteiger partial charge in [-0.15, -0.1) is 0 Å². The zero-order valence-electron chi connectivity index (χ0n) is 9.97. The van der Waals surface area contributed by atoms with Gasteiger partial charge in [0, 0.05) is 19.2 Å². The van der Waals surface area contributed by atoms with E-state index in [1.165, 1.54) is 7.11 Å². The number of anilines is 1. The largest absolute Gasteiger partial charge is 0.479 e. The molecule has 6 nitrogen and oxygen atoms in total. The lowest BCUT2D eigenvalue weighted by molar-refractivity contribution is 0.376. The third-order valence-corrected chi connectivity index (χ3v) is 2.23. The van der Waals surface area contributed by atoms with E-state index in [0.717, 1.165) is 5.69 Å². The van der Waals surface area contributed by atoms with Crippen molar-refractivity contribution in [3.63, 3.8) is 0 Å². The first kappa shape index (κ1) is 11.3. The van der Waals surface area contributed by atoms with Crippen LogP contribution in [0.5, 0.6) is 17.6 Å². The van der Waals surface area contributed by atoms with Crippen LogP contribution in [0, 0.1) is 6.92 Å². The zero-order valence-corrected chi connectivity index (χ0v) is 9.97. The summed E-state index contributed by atoms with van der Waals surface area (Å²) in [5.74, 6) is 1.38. The van der Waals surface area contributed by atoms with Crippen LogP contribution in [0.1, 0.15) is 5.69 Å². The van der Waals surface area contributed by atoms with Crippen molar-refractivity contribution in [1.29, 1.82) is 0 Å². The molecule has 0 saturated heterocycles.